The van der Waals surface area contributed by atoms with Gasteiger partial charge >= 0.3 is 0 Å². The third-order valence-electron chi connectivity index (χ3n) is 3.22. The van der Waals surface area contributed by atoms with E-state index in [2.05, 4.69) is 17.1 Å². The molecule has 0 saturated carbocycles. The molecule has 1 aliphatic heterocycles. The molecule has 100 valence electrons. The smallest absolute Gasteiger partial charge is 0.160 e. The average molecular weight is 267 g/mol. The van der Waals surface area contributed by atoms with Crippen molar-refractivity contribution < 1.29 is 9.84 Å². The molecule has 2 rings (SSSR count). The zero-order chi connectivity index (χ0) is 12.8. The quantitative estimate of drug-likeness (QED) is 0.861. The average Bonchev–Trinajstić information content (AvgIpc) is 2.42. The van der Waals surface area contributed by atoms with Crippen LogP contribution in [0.4, 0.5) is 0 Å². The standard InChI is InChI=1S/C14H21NO2S/c1-17-14-8-11(5-6-13(14)16)9-15-10-12-4-2-3-7-18-12/h5-6,8,12,15-16H,2-4,7,9-10H2,1H3. The second-order valence-electron chi connectivity index (χ2n) is 4.63. The lowest BCUT2D eigenvalue weighted by Crippen LogP contribution is -2.26. The van der Waals surface area contributed by atoms with Crippen LogP contribution in [0, 0.1) is 0 Å². The van der Waals surface area contributed by atoms with Crippen molar-refractivity contribution in [3.05, 3.63) is 23.8 Å². The number of hydrogen-bond donors (Lipinski definition) is 2. The summed E-state index contributed by atoms with van der Waals surface area (Å²) in [5, 5.41) is 13.8. The number of benzene rings is 1. The van der Waals surface area contributed by atoms with Gasteiger partial charge in [-0.1, -0.05) is 12.5 Å². The van der Waals surface area contributed by atoms with Crippen molar-refractivity contribution >= 4 is 11.8 Å². The van der Waals surface area contributed by atoms with Gasteiger partial charge in [0.1, 0.15) is 0 Å². The molecule has 4 heteroatoms. The fourth-order valence-electron chi connectivity index (χ4n) is 2.18. The van der Waals surface area contributed by atoms with Crippen LogP contribution in [0.1, 0.15) is 24.8 Å². The highest BCUT2D eigenvalue weighted by atomic mass is 32.2. The summed E-state index contributed by atoms with van der Waals surface area (Å²) in [5.41, 5.74) is 1.14. The second kappa shape index (κ2) is 6.90. The van der Waals surface area contributed by atoms with Gasteiger partial charge in [0, 0.05) is 18.3 Å². The molecule has 18 heavy (non-hydrogen) atoms. The van der Waals surface area contributed by atoms with Crippen LogP contribution < -0.4 is 10.1 Å². The maximum Gasteiger partial charge on any atom is 0.160 e. The van der Waals surface area contributed by atoms with E-state index in [-0.39, 0.29) is 5.75 Å². The van der Waals surface area contributed by atoms with Crippen molar-refractivity contribution in [3.63, 3.8) is 0 Å². The zero-order valence-electron chi connectivity index (χ0n) is 10.8. The fourth-order valence-corrected chi connectivity index (χ4v) is 3.45. The van der Waals surface area contributed by atoms with Crippen LogP contribution in [0.25, 0.3) is 0 Å². The summed E-state index contributed by atoms with van der Waals surface area (Å²) in [4.78, 5) is 0. The van der Waals surface area contributed by atoms with E-state index in [1.165, 1.54) is 25.0 Å². The topological polar surface area (TPSA) is 41.5 Å². The van der Waals surface area contributed by atoms with Gasteiger partial charge < -0.3 is 15.2 Å². The Morgan fingerprint density at radius 1 is 1.44 bits per heavy atom. The number of ether oxygens (including phenoxy) is 1. The summed E-state index contributed by atoms with van der Waals surface area (Å²) >= 11 is 2.08. The van der Waals surface area contributed by atoms with Crippen molar-refractivity contribution in [2.24, 2.45) is 0 Å². The molecule has 0 aromatic heterocycles. The van der Waals surface area contributed by atoms with Crippen LogP contribution >= 0.6 is 11.8 Å². The first kappa shape index (κ1) is 13.6. The maximum atomic E-state index is 9.52. The molecule has 0 spiro atoms. The molecule has 1 fully saturated rings. The van der Waals surface area contributed by atoms with Gasteiger partial charge in [0.25, 0.3) is 0 Å². The highest BCUT2D eigenvalue weighted by Gasteiger charge is 2.13. The fraction of sp³-hybridized carbons (Fsp3) is 0.571. The van der Waals surface area contributed by atoms with E-state index in [1.54, 1.807) is 13.2 Å². The first-order chi connectivity index (χ1) is 8.79. The summed E-state index contributed by atoms with van der Waals surface area (Å²) in [6.07, 6.45) is 4.07. The van der Waals surface area contributed by atoms with Crippen LogP contribution in [-0.4, -0.2) is 29.8 Å². The van der Waals surface area contributed by atoms with Crippen LogP contribution in [0.15, 0.2) is 18.2 Å². The molecule has 1 unspecified atom stereocenters. The van der Waals surface area contributed by atoms with E-state index >= 15 is 0 Å². The summed E-state index contributed by atoms with van der Waals surface area (Å²) in [6, 6.07) is 5.50. The number of aromatic hydroxyl groups is 1. The predicted octanol–water partition coefficient (Wildman–Crippen LogP) is 2.78. The number of nitrogens with one attached hydrogen (secondary N) is 1. The SMILES string of the molecule is COc1cc(CNCC2CCCCS2)ccc1O. The molecule has 0 bridgehead atoms. The number of rotatable bonds is 5. The molecule has 3 nitrogen and oxygen atoms in total. The van der Waals surface area contributed by atoms with E-state index in [4.69, 9.17) is 4.74 Å². The zero-order valence-corrected chi connectivity index (χ0v) is 11.6. The second-order valence-corrected chi connectivity index (χ2v) is 6.03. The molecule has 1 heterocycles. The summed E-state index contributed by atoms with van der Waals surface area (Å²) in [6.45, 7) is 1.89. The van der Waals surface area contributed by atoms with Gasteiger partial charge in [-0.05, 0) is 36.3 Å². The third-order valence-corrected chi connectivity index (χ3v) is 4.62. The van der Waals surface area contributed by atoms with Crippen molar-refractivity contribution in [1.82, 2.24) is 5.32 Å². The first-order valence-electron chi connectivity index (χ1n) is 6.48. The minimum atomic E-state index is 0.198. The Bertz CT molecular complexity index is 378. The Morgan fingerprint density at radius 2 is 2.33 bits per heavy atom. The Labute approximate surface area is 113 Å². The van der Waals surface area contributed by atoms with Gasteiger partial charge in [-0.15, -0.1) is 0 Å². The minimum absolute atomic E-state index is 0.198. The summed E-state index contributed by atoms with van der Waals surface area (Å²) in [7, 11) is 1.57. The van der Waals surface area contributed by atoms with Crippen LogP contribution in [0.3, 0.4) is 0 Å². The Kier molecular flexibility index (Phi) is 5.20. The molecular formula is C14H21NO2S. The van der Waals surface area contributed by atoms with Crippen molar-refractivity contribution in [2.75, 3.05) is 19.4 Å². The molecular weight excluding hydrogens is 246 g/mol. The Morgan fingerprint density at radius 3 is 3.06 bits per heavy atom. The van der Waals surface area contributed by atoms with E-state index < -0.39 is 0 Å². The predicted molar refractivity (Wildman–Crippen MR) is 76.5 cm³/mol. The molecule has 1 aromatic carbocycles. The number of thioether (sulfide) groups is 1. The molecule has 1 atom stereocenters. The molecule has 2 N–H and O–H groups in total. The third kappa shape index (κ3) is 3.82. The van der Waals surface area contributed by atoms with Gasteiger partial charge in [-0.2, -0.15) is 11.8 Å². The normalized spacial score (nSPS) is 19.7. The summed E-state index contributed by atoms with van der Waals surface area (Å²) < 4.78 is 5.10. The molecule has 1 aromatic rings. The van der Waals surface area contributed by atoms with Gasteiger partial charge in [0.05, 0.1) is 7.11 Å². The molecule has 0 aliphatic carbocycles. The van der Waals surface area contributed by atoms with Crippen LogP contribution in [0.5, 0.6) is 11.5 Å². The lowest BCUT2D eigenvalue weighted by atomic mass is 10.1. The maximum absolute atomic E-state index is 9.52. The van der Waals surface area contributed by atoms with Crippen molar-refractivity contribution in [2.45, 2.75) is 31.1 Å². The highest BCUT2D eigenvalue weighted by Crippen LogP contribution is 2.27. The summed E-state index contributed by atoms with van der Waals surface area (Å²) in [5.74, 6) is 2.05. The van der Waals surface area contributed by atoms with Crippen molar-refractivity contribution in [1.29, 1.82) is 0 Å². The lowest BCUT2D eigenvalue weighted by Gasteiger charge is -2.21. The van der Waals surface area contributed by atoms with Gasteiger partial charge in [0.15, 0.2) is 11.5 Å². The highest BCUT2D eigenvalue weighted by molar-refractivity contribution is 7.99. The lowest BCUT2D eigenvalue weighted by molar-refractivity contribution is 0.373. The monoisotopic (exact) mass is 267 g/mol. The number of phenolic OH excluding ortho intramolecular Hbond substituents is 1. The van der Waals surface area contributed by atoms with Crippen LogP contribution in [-0.2, 0) is 6.54 Å². The molecule has 1 saturated heterocycles. The van der Waals surface area contributed by atoms with E-state index in [0.717, 1.165) is 23.9 Å². The number of phenols is 1. The van der Waals surface area contributed by atoms with Crippen molar-refractivity contribution in [3.8, 4) is 11.5 Å². The Balaban J connectivity index is 1.79. The number of methoxy groups -OCH3 is 1. The van der Waals surface area contributed by atoms with Gasteiger partial charge in [0.2, 0.25) is 0 Å². The van der Waals surface area contributed by atoms with Crippen LogP contribution in [0.2, 0.25) is 0 Å². The van der Waals surface area contributed by atoms with Gasteiger partial charge in [-0.25, -0.2) is 0 Å². The number of hydrogen-bond acceptors (Lipinski definition) is 4. The first-order valence-corrected chi connectivity index (χ1v) is 7.52. The minimum Gasteiger partial charge on any atom is -0.504 e. The van der Waals surface area contributed by atoms with E-state index in [1.807, 2.05) is 12.1 Å². The largest absolute Gasteiger partial charge is 0.504 e. The van der Waals surface area contributed by atoms with E-state index in [0.29, 0.717) is 5.75 Å². The Hall–Kier alpha value is -0.870. The molecule has 1 aliphatic rings. The van der Waals surface area contributed by atoms with E-state index in [9.17, 15) is 5.11 Å². The molecule has 0 radical (unpaired) electrons. The molecule has 0 amide bonds. The van der Waals surface area contributed by atoms with Gasteiger partial charge in [-0.3, -0.25) is 0 Å².